The molecule has 0 aliphatic heterocycles. The van der Waals surface area contributed by atoms with Gasteiger partial charge in [0.2, 0.25) is 5.91 Å². The molecule has 2 N–H and O–H groups in total. The number of nitrogens with zero attached hydrogens (tertiary/aromatic N) is 1. The normalized spacial score (nSPS) is 14.3. The van der Waals surface area contributed by atoms with Gasteiger partial charge in [-0.15, -0.1) is 0 Å². The molecule has 1 aromatic rings. The number of nitrogens with two attached hydrogens (primary N) is 1. The molecule has 1 saturated carbocycles. The number of rotatable bonds is 7. The predicted octanol–water partition coefficient (Wildman–Crippen LogP) is 1.31. The third-order valence-electron chi connectivity index (χ3n) is 3.32. The second-order valence-electron chi connectivity index (χ2n) is 5.00. The summed E-state index contributed by atoms with van der Waals surface area (Å²) in [4.78, 5) is 24.7. The van der Waals surface area contributed by atoms with Gasteiger partial charge in [-0.3, -0.25) is 14.5 Å². The van der Waals surface area contributed by atoms with Crippen molar-refractivity contribution in [3.63, 3.8) is 0 Å². The fourth-order valence-corrected chi connectivity index (χ4v) is 2.14. The van der Waals surface area contributed by atoms with E-state index in [1.54, 1.807) is 12.1 Å². The topological polar surface area (TPSA) is 72.6 Å². The van der Waals surface area contributed by atoms with Gasteiger partial charge in [0.25, 0.3) is 0 Å². The minimum Gasteiger partial charge on any atom is -0.465 e. The Labute approximate surface area is 118 Å². The highest BCUT2D eigenvalue weighted by Gasteiger charge is 2.30. The first-order chi connectivity index (χ1) is 9.60. The number of primary amides is 1. The average Bonchev–Trinajstić information content (AvgIpc) is 3.23. The van der Waals surface area contributed by atoms with E-state index in [1.165, 1.54) is 0 Å². The number of benzene rings is 1. The van der Waals surface area contributed by atoms with Crippen molar-refractivity contribution < 1.29 is 14.3 Å². The molecule has 1 amide bonds. The van der Waals surface area contributed by atoms with Crippen LogP contribution in [-0.2, 0) is 16.1 Å². The first kappa shape index (κ1) is 14.5. The smallest absolute Gasteiger partial charge is 0.320 e. The van der Waals surface area contributed by atoms with Crippen molar-refractivity contribution in [2.24, 2.45) is 5.73 Å². The maximum absolute atomic E-state index is 11.6. The maximum atomic E-state index is 11.6. The monoisotopic (exact) mass is 276 g/mol. The standard InChI is InChI=1S/C15H20N2O3/c1-2-20-14(18)10-17(13-7-8-13)9-11-3-5-12(6-4-11)15(16)19/h3-6,13H,2,7-10H2,1H3,(H2,16,19). The van der Waals surface area contributed by atoms with E-state index in [1.807, 2.05) is 19.1 Å². The first-order valence-electron chi connectivity index (χ1n) is 6.88. The third-order valence-corrected chi connectivity index (χ3v) is 3.32. The van der Waals surface area contributed by atoms with E-state index < -0.39 is 5.91 Å². The number of carbonyl (C=O) groups excluding carboxylic acids is 2. The summed E-state index contributed by atoms with van der Waals surface area (Å²) < 4.78 is 5.00. The summed E-state index contributed by atoms with van der Waals surface area (Å²) >= 11 is 0. The van der Waals surface area contributed by atoms with Gasteiger partial charge in [0.05, 0.1) is 13.2 Å². The number of hydrogen-bond donors (Lipinski definition) is 1. The van der Waals surface area contributed by atoms with Crippen molar-refractivity contribution in [1.82, 2.24) is 4.90 Å². The Balaban J connectivity index is 1.97. The zero-order chi connectivity index (χ0) is 14.5. The number of hydrogen-bond acceptors (Lipinski definition) is 4. The lowest BCUT2D eigenvalue weighted by Crippen LogP contribution is -2.32. The van der Waals surface area contributed by atoms with Crippen molar-refractivity contribution in [1.29, 1.82) is 0 Å². The SMILES string of the molecule is CCOC(=O)CN(Cc1ccc(C(N)=O)cc1)C1CC1. The van der Waals surface area contributed by atoms with Crippen LogP contribution >= 0.6 is 0 Å². The Hall–Kier alpha value is -1.88. The van der Waals surface area contributed by atoms with Gasteiger partial charge in [0.1, 0.15) is 0 Å². The molecule has 108 valence electrons. The molecule has 20 heavy (non-hydrogen) atoms. The van der Waals surface area contributed by atoms with Crippen molar-refractivity contribution in [3.8, 4) is 0 Å². The van der Waals surface area contributed by atoms with Gasteiger partial charge in [-0.2, -0.15) is 0 Å². The molecule has 1 aliphatic carbocycles. The van der Waals surface area contributed by atoms with Gasteiger partial charge in [0.15, 0.2) is 0 Å². The molecule has 0 unspecified atom stereocenters. The van der Waals surface area contributed by atoms with Crippen LogP contribution in [0, 0.1) is 0 Å². The Kier molecular flexibility index (Phi) is 4.74. The highest BCUT2D eigenvalue weighted by Crippen LogP contribution is 2.28. The lowest BCUT2D eigenvalue weighted by Gasteiger charge is -2.20. The molecule has 0 bridgehead atoms. The fourth-order valence-electron chi connectivity index (χ4n) is 2.14. The van der Waals surface area contributed by atoms with Gasteiger partial charge in [-0.1, -0.05) is 12.1 Å². The summed E-state index contributed by atoms with van der Waals surface area (Å²) in [5, 5.41) is 0. The van der Waals surface area contributed by atoms with Crippen LogP contribution in [0.1, 0.15) is 35.7 Å². The molecule has 1 aliphatic rings. The van der Waals surface area contributed by atoms with E-state index in [4.69, 9.17) is 10.5 Å². The molecule has 0 spiro atoms. The largest absolute Gasteiger partial charge is 0.465 e. The van der Waals surface area contributed by atoms with Gasteiger partial charge in [0, 0.05) is 18.2 Å². The van der Waals surface area contributed by atoms with E-state index in [0.29, 0.717) is 31.3 Å². The number of esters is 1. The molecule has 0 aromatic heterocycles. The molecule has 0 atom stereocenters. The van der Waals surface area contributed by atoms with Crippen molar-refractivity contribution in [2.75, 3.05) is 13.2 Å². The maximum Gasteiger partial charge on any atom is 0.320 e. The minimum atomic E-state index is -0.429. The summed E-state index contributed by atoms with van der Waals surface area (Å²) in [5.74, 6) is -0.615. The molecule has 0 heterocycles. The highest BCUT2D eigenvalue weighted by molar-refractivity contribution is 5.92. The van der Waals surface area contributed by atoms with E-state index in [0.717, 1.165) is 18.4 Å². The zero-order valence-electron chi connectivity index (χ0n) is 11.7. The van der Waals surface area contributed by atoms with E-state index in [2.05, 4.69) is 4.90 Å². The molecule has 1 fully saturated rings. The van der Waals surface area contributed by atoms with Crippen molar-refractivity contribution in [2.45, 2.75) is 32.4 Å². The van der Waals surface area contributed by atoms with Crippen LogP contribution < -0.4 is 5.73 Å². The summed E-state index contributed by atoms with van der Waals surface area (Å²) in [7, 11) is 0. The lowest BCUT2D eigenvalue weighted by molar-refractivity contribution is -0.144. The molecular weight excluding hydrogens is 256 g/mol. The zero-order valence-corrected chi connectivity index (χ0v) is 11.7. The van der Waals surface area contributed by atoms with Crippen molar-refractivity contribution >= 4 is 11.9 Å². The Morgan fingerprint density at radius 2 is 1.95 bits per heavy atom. The summed E-state index contributed by atoms with van der Waals surface area (Å²) in [5.41, 5.74) is 6.77. The van der Waals surface area contributed by atoms with Crippen LogP contribution in [0.5, 0.6) is 0 Å². The van der Waals surface area contributed by atoms with Crippen molar-refractivity contribution in [3.05, 3.63) is 35.4 Å². The molecule has 5 heteroatoms. The molecule has 0 saturated heterocycles. The Morgan fingerprint density at radius 1 is 1.30 bits per heavy atom. The van der Waals surface area contributed by atoms with Crippen LogP contribution in [0.2, 0.25) is 0 Å². The molecule has 5 nitrogen and oxygen atoms in total. The molecule has 2 rings (SSSR count). The van der Waals surface area contributed by atoms with Crippen LogP contribution in [0.4, 0.5) is 0 Å². The van der Waals surface area contributed by atoms with Gasteiger partial charge in [-0.25, -0.2) is 0 Å². The number of ether oxygens (including phenoxy) is 1. The Morgan fingerprint density at radius 3 is 2.45 bits per heavy atom. The van der Waals surface area contributed by atoms with Gasteiger partial charge in [-0.05, 0) is 37.5 Å². The quantitative estimate of drug-likeness (QED) is 0.762. The fraction of sp³-hybridized carbons (Fsp3) is 0.467. The van der Waals surface area contributed by atoms with E-state index in [9.17, 15) is 9.59 Å². The average molecular weight is 276 g/mol. The van der Waals surface area contributed by atoms with Crippen LogP contribution in [-0.4, -0.2) is 36.0 Å². The number of carbonyl (C=O) groups is 2. The lowest BCUT2D eigenvalue weighted by atomic mass is 10.1. The highest BCUT2D eigenvalue weighted by atomic mass is 16.5. The predicted molar refractivity (Wildman–Crippen MR) is 75.0 cm³/mol. The van der Waals surface area contributed by atoms with E-state index >= 15 is 0 Å². The summed E-state index contributed by atoms with van der Waals surface area (Å²) in [6.45, 7) is 3.21. The molecule has 0 radical (unpaired) electrons. The summed E-state index contributed by atoms with van der Waals surface area (Å²) in [6, 6.07) is 7.65. The van der Waals surface area contributed by atoms with Gasteiger partial charge >= 0.3 is 5.97 Å². The summed E-state index contributed by atoms with van der Waals surface area (Å²) in [6.07, 6.45) is 2.25. The second kappa shape index (κ2) is 6.52. The second-order valence-corrected chi connectivity index (χ2v) is 5.00. The number of amides is 1. The first-order valence-corrected chi connectivity index (χ1v) is 6.88. The minimum absolute atomic E-state index is 0.187. The molecule has 1 aromatic carbocycles. The van der Waals surface area contributed by atoms with Gasteiger partial charge < -0.3 is 10.5 Å². The van der Waals surface area contributed by atoms with E-state index in [-0.39, 0.29) is 5.97 Å². The molecular formula is C15H20N2O3. The van der Waals surface area contributed by atoms with Crippen LogP contribution in [0.25, 0.3) is 0 Å². The van der Waals surface area contributed by atoms with Crippen LogP contribution in [0.15, 0.2) is 24.3 Å². The van der Waals surface area contributed by atoms with Crippen LogP contribution in [0.3, 0.4) is 0 Å². The third kappa shape index (κ3) is 4.06. The Bertz CT molecular complexity index is 480.